The van der Waals surface area contributed by atoms with E-state index < -0.39 is 6.10 Å². The molecular weight excluding hydrogens is 264 g/mol. The molecule has 118 valence electrons. The van der Waals surface area contributed by atoms with Crippen molar-refractivity contribution in [1.29, 1.82) is 0 Å². The number of rotatable bonds is 5. The zero-order valence-corrected chi connectivity index (χ0v) is 13.8. The Morgan fingerprint density at radius 2 is 1.86 bits per heavy atom. The molecule has 0 saturated carbocycles. The maximum atomic E-state index is 10.7. The Morgan fingerprint density at radius 3 is 2.33 bits per heavy atom. The molecule has 1 fully saturated rings. The van der Waals surface area contributed by atoms with Crippen molar-refractivity contribution in [2.24, 2.45) is 5.92 Å². The van der Waals surface area contributed by atoms with Crippen molar-refractivity contribution < 1.29 is 14.6 Å². The minimum absolute atomic E-state index is 0.0925. The summed E-state index contributed by atoms with van der Waals surface area (Å²) in [5.74, 6) is 0.949. The van der Waals surface area contributed by atoms with Crippen molar-refractivity contribution in [3.63, 3.8) is 0 Å². The SMILES string of the molecule is CCCOc1ccc(C(O)C2CC(C)(C)OC2(C)C)cc1. The lowest BCUT2D eigenvalue weighted by molar-refractivity contribution is -0.0880. The number of benzene rings is 1. The average Bonchev–Trinajstić information content (AvgIpc) is 2.64. The van der Waals surface area contributed by atoms with E-state index in [9.17, 15) is 5.11 Å². The first-order valence-electron chi connectivity index (χ1n) is 7.86. The lowest BCUT2D eigenvalue weighted by Crippen LogP contribution is -2.32. The van der Waals surface area contributed by atoms with Crippen LogP contribution in [0.2, 0.25) is 0 Å². The van der Waals surface area contributed by atoms with E-state index in [0.717, 1.165) is 30.8 Å². The topological polar surface area (TPSA) is 38.7 Å². The lowest BCUT2D eigenvalue weighted by atomic mass is 9.80. The fraction of sp³-hybridized carbons (Fsp3) is 0.667. The molecule has 1 aliphatic heterocycles. The first kappa shape index (κ1) is 16.3. The summed E-state index contributed by atoms with van der Waals surface area (Å²) in [5, 5.41) is 10.7. The van der Waals surface area contributed by atoms with Gasteiger partial charge in [-0.2, -0.15) is 0 Å². The number of hydrogen-bond acceptors (Lipinski definition) is 3. The van der Waals surface area contributed by atoms with Gasteiger partial charge in [-0.05, 0) is 58.2 Å². The van der Waals surface area contributed by atoms with Crippen LogP contribution in [0, 0.1) is 5.92 Å². The van der Waals surface area contributed by atoms with Gasteiger partial charge in [-0.3, -0.25) is 0 Å². The van der Waals surface area contributed by atoms with Gasteiger partial charge < -0.3 is 14.6 Å². The van der Waals surface area contributed by atoms with Gasteiger partial charge in [0.15, 0.2) is 0 Å². The molecule has 0 bridgehead atoms. The van der Waals surface area contributed by atoms with Crippen LogP contribution in [0.15, 0.2) is 24.3 Å². The fourth-order valence-electron chi connectivity index (χ4n) is 3.31. The third kappa shape index (κ3) is 3.78. The Morgan fingerprint density at radius 1 is 1.24 bits per heavy atom. The van der Waals surface area contributed by atoms with Crippen molar-refractivity contribution in [2.45, 2.75) is 64.8 Å². The van der Waals surface area contributed by atoms with Gasteiger partial charge in [-0.25, -0.2) is 0 Å². The molecule has 2 atom stereocenters. The van der Waals surface area contributed by atoms with Crippen LogP contribution >= 0.6 is 0 Å². The Kier molecular flexibility index (Phi) is 4.64. The maximum Gasteiger partial charge on any atom is 0.119 e. The third-order valence-electron chi connectivity index (χ3n) is 4.22. The highest BCUT2D eigenvalue weighted by Gasteiger charge is 2.49. The van der Waals surface area contributed by atoms with Gasteiger partial charge >= 0.3 is 0 Å². The van der Waals surface area contributed by atoms with Crippen LogP contribution in [-0.4, -0.2) is 22.9 Å². The largest absolute Gasteiger partial charge is 0.494 e. The van der Waals surface area contributed by atoms with Crippen molar-refractivity contribution in [3.05, 3.63) is 29.8 Å². The van der Waals surface area contributed by atoms with E-state index in [1.165, 1.54) is 0 Å². The molecule has 0 aromatic heterocycles. The molecule has 1 aromatic rings. The van der Waals surface area contributed by atoms with Gasteiger partial charge in [0, 0.05) is 5.92 Å². The highest BCUT2D eigenvalue weighted by Crippen LogP contribution is 2.47. The van der Waals surface area contributed by atoms with E-state index in [1.54, 1.807) is 0 Å². The van der Waals surface area contributed by atoms with Crippen LogP contribution in [0.4, 0.5) is 0 Å². The molecule has 1 N–H and O–H groups in total. The summed E-state index contributed by atoms with van der Waals surface area (Å²) < 4.78 is 11.7. The monoisotopic (exact) mass is 292 g/mol. The first-order chi connectivity index (χ1) is 9.75. The summed E-state index contributed by atoms with van der Waals surface area (Å²) in [7, 11) is 0. The second-order valence-electron chi connectivity index (χ2n) is 7.14. The number of aliphatic hydroxyl groups excluding tert-OH is 1. The molecule has 21 heavy (non-hydrogen) atoms. The molecule has 0 aliphatic carbocycles. The first-order valence-corrected chi connectivity index (χ1v) is 7.86. The molecule has 2 rings (SSSR count). The molecule has 0 amide bonds. The normalized spacial score (nSPS) is 24.8. The zero-order valence-electron chi connectivity index (χ0n) is 13.8. The minimum Gasteiger partial charge on any atom is -0.494 e. The predicted molar refractivity (Wildman–Crippen MR) is 84.5 cm³/mol. The highest BCUT2D eigenvalue weighted by molar-refractivity contribution is 5.29. The van der Waals surface area contributed by atoms with Crippen LogP contribution in [0.3, 0.4) is 0 Å². The quantitative estimate of drug-likeness (QED) is 0.888. The highest BCUT2D eigenvalue weighted by atomic mass is 16.5. The Labute approximate surface area is 128 Å². The van der Waals surface area contributed by atoms with E-state index in [0.29, 0.717) is 0 Å². The summed E-state index contributed by atoms with van der Waals surface area (Å²) in [5.41, 5.74) is 0.429. The van der Waals surface area contributed by atoms with Gasteiger partial charge in [-0.15, -0.1) is 0 Å². The van der Waals surface area contributed by atoms with E-state index in [2.05, 4.69) is 34.6 Å². The van der Waals surface area contributed by atoms with Crippen molar-refractivity contribution in [3.8, 4) is 5.75 Å². The fourth-order valence-corrected chi connectivity index (χ4v) is 3.31. The van der Waals surface area contributed by atoms with Crippen molar-refractivity contribution in [2.75, 3.05) is 6.61 Å². The molecular formula is C18H28O3. The van der Waals surface area contributed by atoms with Crippen molar-refractivity contribution in [1.82, 2.24) is 0 Å². The average molecular weight is 292 g/mol. The molecule has 1 aromatic carbocycles. The summed E-state index contributed by atoms with van der Waals surface area (Å²) >= 11 is 0. The number of ether oxygens (including phenoxy) is 2. The van der Waals surface area contributed by atoms with Crippen LogP contribution in [0.1, 0.15) is 59.1 Å². The Bertz CT molecular complexity index is 462. The standard InChI is InChI=1S/C18H28O3/c1-6-11-20-14-9-7-13(8-10-14)16(19)15-12-17(2,3)21-18(15,4)5/h7-10,15-16,19H,6,11-12H2,1-5H3. The molecule has 3 heteroatoms. The molecule has 1 aliphatic rings. The third-order valence-corrected chi connectivity index (χ3v) is 4.22. The summed E-state index contributed by atoms with van der Waals surface area (Å²) in [6, 6.07) is 7.78. The van der Waals surface area contributed by atoms with Gasteiger partial charge in [-0.1, -0.05) is 19.1 Å². The van der Waals surface area contributed by atoms with E-state index in [1.807, 2.05) is 24.3 Å². The van der Waals surface area contributed by atoms with Gasteiger partial charge in [0.05, 0.1) is 23.9 Å². The van der Waals surface area contributed by atoms with E-state index in [4.69, 9.17) is 9.47 Å². The molecule has 0 radical (unpaired) electrons. The van der Waals surface area contributed by atoms with Gasteiger partial charge in [0.2, 0.25) is 0 Å². The zero-order chi connectivity index (χ0) is 15.7. The summed E-state index contributed by atoms with van der Waals surface area (Å²) in [6.45, 7) is 11.1. The maximum absolute atomic E-state index is 10.7. The van der Waals surface area contributed by atoms with Crippen LogP contribution in [-0.2, 0) is 4.74 Å². The number of hydrogen-bond donors (Lipinski definition) is 1. The smallest absolute Gasteiger partial charge is 0.119 e. The summed E-state index contributed by atoms with van der Waals surface area (Å²) in [4.78, 5) is 0. The lowest BCUT2D eigenvalue weighted by Gasteiger charge is -2.30. The molecule has 2 unspecified atom stereocenters. The van der Waals surface area contributed by atoms with Crippen LogP contribution in [0.25, 0.3) is 0 Å². The van der Waals surface area contributed by atoms with Gasteiger partial charge in [0.25, 0.3) is 0 Å². The molecule has 3 nitrogen and oxygen atoms in total. The van der Waals surface area contributed by atoms with E-state index >= 15 is 0 Å². The molecule has 1 heterocycles. The van der Waals surface area contributed by atoms with E-state index in [-0.39, 0.29) is 17.1 Å². The minimum atomic E-state index is -0.512. The Hall–Kier alpha value is -1.06. The predicted octanol–water partition coefficient (Wildman–Crippen LogP) is 4.10. The summed E-state index contributed by atoms with van der Waals surface area (Å²) in [6.07, 6.45) is 1.34. The van der Waals surface area contributed by atoms with Crippen LogP contribution in [0.5, 0.6) is 5.75 Å². The van der Waals surface area contributed by atoms with Gasteiger partial charge in [0.1, 0.15) is 5.75 Å². The molecule has 0 spiro atoms. The Balaban J connectivity index is 2.11. The second kappa shape index (κ2) is 5.98. The van der Waals surface area contributed by atoms with Crippen LogP contribution < -0.4 is 4.74 Å². The second-order valence-corrected chi connectivity index (χ2v) is 7.14. The van der Waals surface area contributed by atoms with Crippen molar-refractivity contribution >= 4 is 0 Å². The number of aliphatic hydroxyl groups is 1. The molecule has 1 saturated heterocycles.